The number of benzene rings is 2. The Hall–Kier alpha value is -2.20. The van der Waals surface area contributed by atoms with Crippen LogP contribution in [0.5, 0.6) is 0 Å². The number of rotatable bonds is 11. The van der Waals surface area contributed by atoms with Gasteiger partial charge in [-0.25, -0.2) is 4.99 Å². The molecule has 3 unspecified atom stereocenters. The van der Waals surface area contributed by atoms with Crippen LogP contribution >= 0.6 is 23.4 Å². The average molecular weight is 548 g/mol. The fourth-order valence-electron chi connectivity index (χ4n) is 3.97. The Bertz CT molecular complexity index is 1020. The third-order valence-electron chi connectivity index (χ3n) is 5.79. The minimum atomic E-state index is -1.56. The van der Waals surface area contributed by atoms with Crippen molar-refractivity contribution in [1.82, 2.24) is 10.4 Å². The largest absolute Gasteiger partial charge is 0.387 e. The van der Waals surface area contributed by atoms with Gasteiger partial charge in [-0.15, -0.1) is 11.8 Å². The molecule has 1 heterocycles. The number of hydroxylamine groups is 1. The SMILES string of the molecule is C=C(Cc1ccccc1Cl)N=C(CNOCC(O)C(O)C(=O)N1CCCC1c1ccccc1)SC.CC. The molecule has 37 heavy (non-hydrogen) atoms. The van der Waals surface area contributed by atoms with Gasteiger partial charge in [-0.3, -0.25) is 9.63 Å². The van der Waals surface area contributed by atoms with E-state index in [2.05, 4.69) is 17.1 Å². The van der Waals surface area contributed by atoms with Crippen molar-refractivity contribution < 1.29 is 19.8 Å². The zero-order valence-corrected chi connectivity index (χ0v) is 23.3. The van der Waals surface area contributed by atoms with Gasteiger partial charge in [-0.2, -0.15) is 5.48 Å². The first-order chi connectivity index (χ1) is 17.9. The zero-order chi connectivity index (χ0) is 27.2. The molecule has 0 saturated carbocycles. The summed E-state index contributed by atoms with van der Waals surface area (Å²) < 4.78 is 0. The second-order valence-electron chi connectivity index (χ2n) is 8.29. The Morgan fingerprint density at radius 3 is 2.57 bits per heavy atom. The molecule has 3 N–H and O–H groups in total. The molecule has 9 heteroatoms. The van der Waals surface area contributed by atoms with E-state index in [0.29, 0.717) is 23.7 Å². The standard InChI is InChI=1S/C26H32ClN3O4S.C2H6/c1-18(15-20-11-6-7-12-21(20)27)29-24(35-2)16-28-34-17-23(31)25(32)26(33)30-14-8-13-22(30)19-9-4-3-5-10-19;1-2/h3-7,9-12,22-23,25,28,31-32H,1,8,13-17H2,2H3;1-2H3. The smallest absolute Gasteiger partial charge is 0.254 e. The van der Waals surface area contributed by atoms with Gasteiger partial charge in [0.05, 0.1) is 24.2 Å². The number of carbonyl (C=O) groups is 1. The van der Waals surface area contributed by atoms with Gasteiger partial charge in [0.2, 0.25) is 0 Å². The van der Waals surface area contributed by atoms with Crippen LogP contribution < -0.4 is 5.48 Å². The van der Waals surface area contributed by atoms with Gasteiger partial charge in [0, 0.05) is 23.7 Å². The number of likely N-dealkylation sites (tertiary alicyclic amines) is 1. The number of amides is 1. The first-order valence-electron chi connectivity index (χ1n) is 12.5. The van der Waals surface area contributed by atoms with Crippen LogP contribution in [-0.2, 0) is 16.1 Å². The molecule has 3 rings (SSSR count). The van der Waals surface area contributed by atoms with Crippen LogP contribution in [0.3, 0.4) is 0 Å². The fraction of sp³-hybridized carbons (Fsp3) is 0.429. The molecule has 7 nitrogen and oxygen atoms in total. The number of aliphatic hydroxyl groups is 2. The van der Waals surface area contributed by atoms with Crippen LogP contribution in [0.15, 0.2) is 71.9 Å². The molecule has 2 aromatic rings. The van der Waals surface area contributed by atoms with Crippen LogP contribution in [-0.4, -0.2) is 64.2 Å². The van der Waals surface area contributed by atoms with Crippen LogP contribution in [0.25, 0.3) is 0 Å². The molecule has 202 valence electrons. The first kappa shape index (κ1) is 31.0. The van der Waals surface area contributed by atoms with E-state index in [4.69, 9.17) is 16.4 Å². The maximum absolute atomic E-state index is 12.9. The molecular formula is C28H38ClN3O4S. The number of nitrogens with one attached hydrogen (secondary N) is 1. The van der Waals surface area contributed by atoms with E-state index in [1.807, 2.05) is 74.7 Å². The predicted octanol–water partition coefficient (Wildman–Crippen LogP) is 4.79. The summed E-state index contributed by atoms with van der Waals surface area (Å²) in [5.74, 6) is -0.491. The molecule has 0 bridgehead atoms. The highest BCUT2D eigenvalue weighted by Crippen LogP contribution is 2.32. The summed E-state index contributed by atoms with van der Waals surface area (Å²) in [5, 5.41) is 22.2. The normalized spacial score (nSPS) is 17.1. The van der Waals surface area contributed by atoms with Crippen molar-refractivity contribution >= 4 is 34.3 Å². The van der Waals surface area contributed by atoms with E-state index in [1.165, 1.54) is 11.8 Å². The van der Waals surface area contributed by atoms with Gasteiger partial charge in [0.15, 0.2) is 6.10 Å². The maximum atomic E-state index is 12.9. The lowest BCUT2D eigenvalue weighted by Gasteiger charge is -2.28. The summed E-state index contributed by atoms with van der Waals surface area (Å²) in [5.41, 5.74) is 5.36. The van der Waals surface area contributed by atoms with Gasteiger partial charge >= 0.3 is 0 Å². The summed E-state index contributed by atoms with van der Waals surface area (Å²) in [4.78, 5) is 24.3. The van der Waals surface area contributed by atoms with Gasteiger partial charge in [-0.05, 0) is 36.3 Å². The molecule has 0 spiro atoms. The zero-order valence-electron chi connectivity index (χ0n) is 21.8. The van der Waals surface area contributed by atoms with Crippen molar-refractivity contribution in [3.63, 3.8) is 0 Å². The topological polar surface area (TPSA) is 94.4 Å². The fourth-order valence-corrected chi connectivity index (χ4v) is 4.60. The number of aliphatic imine (C=N–C) groups is 1. The molecule has 1 aliphatic rings. The lowest BCUT2D eigenvalue weighted by Crippen LogP contribution is -2.46. The Morgan fingerprint density at radius 1 is 1.22 bits per heavy atom. The summed E-state index contributed by atoms with van der Waals surface area (Å²) >= 11 is 7.64. The highest BCUT2D eigenvalue weighted by molar-refractivity contribution is 8.13. The molecule has 0 aliphatic carbocycles. The van der Waals surface area contributed by atoms with E-state index in [-0.39, 0.29) is 19.2 Å². The monoisotopic (exact) mass is 547 g/mol. The van der Waals surface area contributed by atoms with Gasteiger partial charge < -0.3 is 15.1 Å². The van der Waals surface area contributed by atoms with Crippen molar-refractivity contribution in [2.75, 3.05) is 26.0 Å². The second kappa shape index (κ2) is 16.6. The number of allylic oxidation sites excluding steroid dienone is 1. The number of hydrogen-bond acceptors (Lipinski definition) is 7. The quantitative estimate of drug-likeness (QED) is 0.162. The minimum absolute atomic E-state index is 0.0937. The van der Waals surface area contributed by atoms with E-state index >= 15 is 0 Å². The molecule has 1 aliphatic heterocycles. The van der Waals surface area contributed by atoms with Crippen molar-refractivity contribution in [1.29, 1.82) is 0 Å². The second-order valence-corrected chi connectivity index (χ2v) is 9.58. The van der Waals surface area contributed by atoms with E-state index in [9.17, 15) is 15.0 Å². The number of nitrogens with zero attached hydrogens (tertiary/aromatic N) is 2. The van der Waals surface area contributed by atoms with E-state index in [1.54, 1.807) is 4.90 Å². The summed E-state index contributed by atoms with van der Waals surface area (Å²) in [7, 11) is 0. The molecular weight excluding hydrogens is 510 g/mol. The van der Waals surface area contributed by atoms with Gasteiger partial charge in [0.25, 0.3) is 5.91 Å². The van der Waals surface area contributed by atoms with Crippen molar-refractivity contribution in [3.05, 3.63) is 83.0 Å². The third kappa shape index (κ3) is 9.56. The Balaban J connectivity index is 0.00000235. The molecule has 2 aromatic carbocycles. The third-order valence-corrected chi connectivity index (χ3v) is 6.86. The molecule has 0 aromatic heterocycles. The van der Waals surface area contributed by atoms with Crippen LogP contribution in [0.1, 0.15) is 43.9 Å². The highest BCUT2D eigenvalue weighted by Gasteiger charge is 2.36. The van der Waals surface area contributed by atoms with Gasteiger partial charge in [-0.1, -0.05) is 80.6 Å². The Kier molecular flexibility index (Phi) is 13.9. The molecule has 1 amide bonds. The number of thioether (sulfide) groups is 1. The Morgan fingerprint density at radius 2 is 1.89 bits per heavy atom. The van der Waals surface area contributed by atoms with E-state index < -0.39 is 18.1 Å². The summed E-state index contributed by atoms with van der Waals surface area (Å²) in [6.07, 6.45) is 1.17. The summed E-state index contributed by atoms with van der Waals surface area (Å²) in [6.45, 7) is 8.58. The number of hydrogen-bond donors (Lipinski definition) is 3. The van der Waals surface area contributed by atoms with Gasteiger partial charge in [0.1, 0.15) is 6.10 Å². The summed E-state index contributed by atoms with van der Waals surface area (Å²) in [6, 6.07) is 17.2. The van der Waals surface area contributed by atoms with E-state index in [0.717, 1.165) is 29.0 Å². The van der Waals surface area contributed by atoms with Crippen molar-refractivity contribution in [3.8, 4) is 0 Å². The van der Waals surface area contributed by atoms with Crippen molar-refractivity contribution in [2.24, 2.45) is 4.99 Å². The Labute approximate surface area is 229 Å². The minimum Gasteiger partial charge on any atom is -0.387 e. The average Bonchev–Trinajstić information content (AvgIpc) is 3.42. The lowest BCUT2D eigenvalue weighted by molar-refractivity contribution is -0.151. The molecule has 0 radical (unpaired) electrons. The lowest BCUT2D eigenvalue weighted by atomic mass is 10.0. The van der Waals surface area contributed by atoms with Crippen LogP contribution in [0, 0.1) is 0 Å². The highest BCUT2D eigenvalue weighted by atomic mass is 35.5. The number of halogens is 1. The number of aliphatic hydroxyl groups excluding tert-OH is 2. The van der Waals surface area contributed by atoms with Crippen molar-refractivity contribution in [2.45, 2.75) is 51.4 Å². The first-order valence-corrected chi connectivity index (χ1v) is 14.1. The van der Waals surface area contributed by atoms with Crippen LogP contribution in [0.2, 0.25) is 5.02 Å². The molecule has 1 fully saturated rings. The maximum Gasteiger partial charge on any atom is 0.254 e. The molecule has 3 atom stereocenters. The predicted molar refractivity (Wildman–Crippen MR) is 153 cm³/mol. The van der Waals surface area contributed by atoms with Crippen LogP contribution in [0.4, 0.5) is 0 Å². The number of carbonyl (C=O) groups excluding carboxylic acids is 1. The molecule has 1 saturated heterocycles.